The van der Waals surface area contributed by atoms with Crippen molar-refractivity contribution in [2.24, 2.45) is 0 Å². The molecule has 0 bridgehead atoms. The van der Waals surface area contributed by atoms with Crippen molar-refractivity contribution < 1.29 is 0 Å². The van der Waals surface area contributed by atoms with Crippen molar-refractivity contribution in [1.82, 2.24) is 19.1 Å². The molecule has 0 saturated carbocycles. The van der Waals surface area contributed by atoms with Crippen LogP contribution >= 0.6 is 11.3 Å². The molecular weight excluding hydrogens is 785 g/mol. The Balaban J connectivity index is 1.02. The lowest BCUT2D eigenvalue weighted by atomic mass is 9.97. The Labute approximate surface area is 365 Å². The minimum Gasteiger partial charge on any atom is -0.309 e. The third-order valence-electron chi connectivity index (χ3n) is 13.1. The predicted octanol–water partition coefficient (Wildman–Crippen LogP) is 15.8. The van der Waals surface area contributed by atoms with E-state index in [1.165, 1.54) is 69.2 Å². The van der Waals surface area contributed by atoms with E-state index in [9.17, 15) is 0 Å². The largest absolute Gasteiger partial charge is 0.309 e. The third-order valence-corrected chi connectivity index (χ3v) is 14.2. The van der Waals surface area contributed by atoms with E-state index in [-0.39, 0.29) is 0 Å². The van der Waals surface area contributed by atoms with Crippen LogP contribution in [-0.4, -0.2) is 19.1 Å². The molecule has 292 valence electrons. The topological polar surface area (TPSA) is 35.6 Å². The van der Waals surface area contributed by atoms with Gasteiger partial charge in [-0.1, -0.05) is 152 Å². The van der Waals surface area contributed by atoms with Crippen molar-refractivity contribution in [1.29, 1.82) is 0 Å². The van der Waals surface area contributed by atoms with Gasteiger partial charge in [0.15, 0.2) is 0 Å². The maximum atomic E-state index is 5.61. The summed E-state index contributed by atoms with van der Waals surface area (Å²) in [6.45, 7) is 0. The molecule has 14 rings (SSSR count). The van der Waals surface area contributed by atoms with Crippen LogP contribution in [-0.2, 0) is 0 Å². The van der Waals surface area contributed by atoms with E-state index in [2.05, 4.69) is 215 Å². The second-order valence-electron chi connectivity index (χ2n) is 16.5. The smallest absolute Gasteiger partial charge is 0.0979 e. The number of hydrogen-bond donors (Lipinski definition) is 0. The second-order valence-corrected chi connectivity index (χ2v) is 17.6. The molecular formula is C58H34N4S. The van der Waals surface area contributed by atoms with Crippen LogP contribution in [0, 0.1) is 0 Å². The van der Waals surface area contributed by atoms with Crippen LogP contribution in [0.2, 0.25) is 0 Å². The fraction of sp³-hybridized carbons (Fsp3) is 0. The van der Waals surface area contributed by atoms with Gasteiger partial charge in [-0.15, -0.1) is 11.3 Å². The summed E-state index contributed by atoms with van der Waals surface area (Å²) in [5, 5.41) is 12.1. The molecule has 4 heterocycles. The van der Waals surface area contributed by atoms with E-state index in [0.717, 1.165) is 61.0 Å². The van der Waals surface area contributed by atoms with Gasteiger partial charge in [0.2, 0.25) is 0 Å². The average molecular weight is 819 g/mol. The van der Waals surface area contributed by atoms with Crippen molar-refractivity contribution in [2.45, 2.75) is 0 Å². The van der Waals surface area contributed by atoms with E-state index in [1.54, 1.807) is 0 Å². The molecule has 4 aromatic heterocycles. The van der Waals surface area contributed by atoms with Crippen molar-refractivity contribution >= 4 is 108 Å². The lowest BCUT2D eigenvalue weighted by molar-refractivity contribution is 1.18. The van der Waals surface area contributed by atoms with Gasteiger partial charge < -0.3 is 9.13 Å². The number of rotatable bonds is 4. The molecule has 0 radical (unpaired) electrons. The van der Waals surface area contributed by atoms with Gasteiger partial charge in [0.05, 0.1) is 44.5 Å². The molecule has 0 aliphatic carbocycles. The van der Waals surface area contributed by atoms with Gasteiger partial charge in [0.25, 0.3) is 0 Å². The monoisotopic (exact) mass is 818 g/mol. The first-order valence-corrected chi connectivity index (χ1v) is 22.2. The molecule has 0 amide bonds. The Hall–Kier alpha value is -8.12. The van der Waals surface area contributed by atoms with Crippen LogP contribution in [0.3, 0.4) is 0 Å². The second kappa shape index (κ2) is 13.2. The number of para-hydroxylation sites is 2. The quantitative estimate of drug-likeness (QED) is 0.166. The highest BCUT2D eigenvalue weighted by molar-refractivity contribution is 7.25. The molecule has 63 heavy (non-hydrogen) atoms. The molecule has 5 heteroatoms. The van der Waals surface area contributed by atoms with Crippen molar-refractivity contribution in [3.05, 3.63) is 206 Å². The first kappa shape index (κ1) is 34.6. The predicted molar refractivity (Wildman–Crippen MR) is 267 cm³/mol. The van der Waals surface area contributed by atoms with Gasteiger partial charge >= 0.3 is 0 Å². The fourth-order valence-electron chi connectivity index (χ4n) is 10.3. The Bertz CT molecular complexity index is 4210. The van der Waals surface area contributed by atoms with E-state index in [0.29, 0.717) is 0 Å². The van der Waals surface area contributed by atoms with Gasteiger partial charge in [0, 0.05) is 75.0 Å². The number of fused-ring (bicyclic) bond motifs is 15. The minimum absolute atomic E-state index is 0.859. The lowest BCUT2D eigenvalue weighted by Gasteiger charge is -2.15. The maximum Gasteiger partial charge on any atom is 0.0979 e. The molecule has 10 aromatic carbocycles. The molecule has 14 aromatic rings. The van der Waals surface area contributed by atoms with Crippen LogP contribution in [0.15, 0.2) is 206 Å². The Morgan fingerprint density at radius 1 is 0.286 bits per heavy atom. The van der Waals surface area contributed by atoms with Crippen molar-refractivity contribution in [3.8, 4) is 33.9 Å². The van der Waals surface area contributed by atoms with E-state index in [4.69, 9.17) is 9.97 Å². The number of aromatic nitrogens is 4. The van der Waals surface area contributed by atoms with Gasteiger partial charge in [-0.25, -0.2) is 9.97 Å². The Kier molecular flexibility index (Phi) is 7.24. The molecule has 0 unspecified atom stereocenters. The molecule has 0 spiro atoms. The van der Waals surface area contributed by atoms with Crippen LogP contribution in [0.4, 0.5) is 0 Å². The lowest BCUT2D eigenvalue weighted by Crippen LogP contribution is -1.99. The molecule has 0 fully saturated rings. The van der Waals surface area contributed by atoms with Crippen LogP contribution < -0.4 is 0 Å². The highest BCUT2D eigenvalue weighted by Gasteiger charge is 2.21. The summed E-state index contributed by atoms with van der Waals surface area (Å²) in [7, 11) is 0. The van der Waals surface area contributed by atoms with E-state index >= 15 is 0 Å². The molecule has 0 atom stereocenters. The summed E-state index contributed by atoms with van der Waals surface area (Å²) < 4.78 is 7.50. The standard InChI is InChI=1S/C58H34N4S/c1-2-15-35(16-3-1)55-56(60-58-46-25-7-5-20-40(46)39-19-4-6-24-45(39)57(58)59-55)36-17-14-18-37(31-36)61-49-26-11-8-21-41(49)47-34-52-48(33-51(47)61)42-22-9-12-27-50(42)62(52)38-29-30-44-43-23-10-13-28-53(43)63-54(44)32-38/h1-34H. The zero-order valence-electron chi connectivity index (χ0n) is 33.8. The fourth-order valence-corrected chi connectivity index (χ4v) is 11.4. The summed E-state index contributed by atoms with van der Waals surface area (Å²) in [5.41, 5.74) is 12.5. The van der Waals surface area contributed by atoms with Gasteiger partial charge in [-0.2, -0.15) is 0 Å². The van der Waals surface area contributed by atoms with Gasteiger partial charge in [-0.05, 0) is 65.4 Å². The molecule has 4 nitrogen and oxygen atoms in total. The molecule has 0 aliphatic rings. The highest BCUT2D eigenvalue weighted by Crippen LogP contribution is 2.43. The van der Waals surface area contributed by atoms with E-state index in [1.807, 2.05) is 11.3 Å². The summed E-state index contributed by atoms with van der Waals surface area (Å²) in [4.78, 5) is 11.2. The summed E-state index contributed by atoms with van der Waals surface area (Å²) in [5.74, 6) is 0. The van der Waals surface area contributed by atoms with E-state index < -0.39 is 0 Å². The number of hydrogen-bond acceptors (Lipinski definition) is 3. The Morgan fingerprint density at radius 3 is 1.40 bits per heavy atom. The van der Waals surface area contributed by atoms with Crippen LogP contribution in [0.1, 0.15) is 0 Å². The zero-order chi connectivity index (χ0) is 41.2. The SMILES string of the molecule is c1ccc(-c2nc3c4ccccc4c4ccccc4c3nc2-c2cccc(-n3c4ccccc4c4cc5c(cc43)c3ccccc3n5-c3ccc4c(c3)sc3ccccc34)c2)cc1. The molecule has 0 N–H and O–H groups in total. The summed E-state index contributed by atoms with van der Waals surface area (Å²) in [6.07, 6.45) is 0. The summed E-state index contributed by atoms with van der Waals surface area (Å²) >= 11 is 1.86. The zero-order valence-corrected chi connectivity index (χ0v) is 34.6. The van der Waals surface area contributed by atoms with Crippen LogP contribution in [0.25, 0.3) is 130 Å². The number of nitrogens with zero attached hydrogens (tertiary/aromatic N) is 4. The first-order valence-electron chi connectivity index (χ1n) is 21.4. The number of thiophene rings is 1. The summed E-state index contributed by atoms with van der Waals surface area (Å²) in [6, 6.07) is 74.7. The van der Waals surface area contributed by atoms with Crippen molar-refractivity contribution in [2.75, 3.05) is 0 Å². The highest BCUT2D eigenvalue weighted by atomic mass is 32.1. The molecule has 0 aliphatic heterocycles. The van der Waals surface area contributed by atoms with Gasteiger partial charge in [0.1, 0.15) is 0 Å². The van der Waals surface area contributed by atoms with Crippen molar-refractivity contribution in [3.63, 3.8) is 0 Å². The van der Waals surface area contributed by atoms with Gasteiger partial charge in [-0.3, -0.25) is 0 Å². The van der Waals surface area contributed by atoms with Crippen LogP contribution in [0.5, 0.6) is 0 Å². The normalized spacial score (nSPS) is 12.1. The third kappa shape index (κ3) is 5.03. The number of benzene rings is 10. The minimum atomic E-state index is 0.859. The maximum absolute atomic E-state index is 5.61. The molecule has 0 saturated heterocycles. The average Bonchev–Trinajstić information content (AvgIpc) is 4.00. The Morgan fingerprint density at radius 2 is 0.762 bits per heavy atom. The first-order chi connectivity index (χ1) is 31.2.